The van der Waals surface area contributed by atoms with E-state index in [0.29, 0.717) is 25.9 Å². The second kappa shape index (κ2) is 52.5. The fourth-order valence-electron chi connectivity index (χ4n) is 9.05. The molecule has 6 heteroatoms. The van der Waals surface area contributed by atoms with E-state index in [4.69, 9.17) is 4.74 Å². The lowest BCUT2D eigenvalue weighted by molar-refractivity contribution is -0.143. The normalized spacial score (nSPS) is 12.5. The molecule has 1 amide bonds. The summed E-state index contributed by atoms with van der Waals surface area (Å²) in [6.45, 7) is 4.94. The van der Waals surface area contributed by atoms with Crippen LogP contribution in [-0.2, 0) is 14.3 Å². The van der Waals surface area contributed by atoms with Crippen LogP contribution in [0.2, 0.25) is 0 Å². The number of hydrogen-bond acceptors (Lipinski definition) is 5. The first kappa shape index (κ1) is 60.9. The summed E-state index contributed by atoms with van der Waals surface area (Å²) in [5, 5.41) is 23.1. The fraction of sp³-hybridized carbons (Fsp3) is 0.964. The molecule has 0 aliphatic carbocycles. The molecule has 62 heavy (non-hydrogen) atoms. The summed E-state index contributed by atoms with van der Waals surface area (Å²) < 4.78 is 5.49. The number of esters is 1. The van der Waals surface area contributed by atoms with Crippen molar-refractivity contribution < 1.29 is 24.5 Å². The molecular weight excluding hydrogens is 767 g/mol. The molecular formula is C56H111NO5. The van der Waals surface area contributed by atoms with Crippen LogP contribution < -0.4 is 5.32 Å². The zero-order chi connectivity index (χ0) is 45.1. The molecule has 370 valence electrons. The number of nitrogens with one attached hydrogen (secondary N) is 1. The monoisotopic (exact) mass is 878 g/mol. The summed E-state index contributed by atoms with van der Waals surface area (Å²) in [6.07, 6.45) is 59.6. The van der Waals surface area contributed by atoms with Gasteiger partial charge in [-0.1, -0.05) is 284 Å². The molecule has 0 saturated heterocycles. The Labute approximate surface area is 387 Å². The zero-order valence-electron chi connectivity index (χ0n) is 42.1. The van der Waals surface area contributed by atoms with Crippen molar-refractivity contribution in [3.8, 4) is 0 Å². The molecule has 0 spiro atoms. The first-order valence-corrected chi connectivity index (χ1v) is 28.3. The van der Waals surface area contributed by atoms with Gasteiger partial charge in [0.2, 0.25) is 5.91 Å². The molecule has 2 atom stereocenters. The summed E-state index contributed by atoms with van der Waals surface area (Å²) in [7, 11) is 0. The first-order chi connectivity index (χ1) is 30.5. The Kier molecular flexibility index (Phi) is 51.5. The molecule has 0 heterocycles. The van der Waals surface area contributed by atoms with Gasteiger partial charge in [0.1, 0.15) is 0 Å². The molecule has 3 N–H and O–H groups in total. The number of carbonyl (C=O) groups excluding carboxylic acids is 2. The van der Waals surface area contributed by atoms with Crippen molar-refractivity contribution in [2.45, 2.75) is 334 Å². The van der Waals surface area contributed by atoms with Crippen LogP contribution in [0.5, 0.6) is 0 Å². The van der Waals surface area contributed by atoms with E-state index in [1.54, 1.807) is 0 Å². The number of unbranched alkanes of at least 4 members (excludes halogenated alkanes) is 42. The lowest BCUT2D eigenvalue weighted by Crippen LogP contribution is -2.45. The Morgan fingerprint density at radius 2 is 0.661 bits per heavy atom. The van der Waals surface area contributed by atoms with Gasteiger partial charge in [-0.15, -0.1) is 0 Å². The number of aliphatic hydroxyl groups excluding tert-OH is 2. The Morgan fingerprint density at radius 3 is 0.984 bits per heavy atom. The number of hydrogen-bond donors (Lipinski definition) is 3. The Balaban J connectivity index is 3.34. The lowest BCUT2D eigenvalue weighted by Gasteiger charge is -2.22. The third kappa shape index (κ3) is 48.3. The van der Waals surface area contributed by atoms with Crippen LogP contribution in [-0.4, -0.2) is 47.4 Å². The highest BCUT2D eigenvalue weighted by Crippen LogP contribution is 2.18. The number of carbonyl (C=O) groups is 2. The van der Waals surface area contributed by atoms with Crippen LogP contribution in [0.25, 0.3) is 0 Å². The summed E-state index contributed by atoms with van der Waals surface area (Å²) in [5.74, 6) is -0.0304. The van der Waals surface area contributed by atoms with Gasteiger partial charge in [0.25, 0.3) is 0 Å². The molecule has 0 aromatic carbocycles. The van der Waals surface area contributed by atoms with Gasteiger partial charge in [-0.2, -0.15) is 0 Å². The van der Waals surface area contributed by atoms with E-state index in [1.165, 1.54) is 250 Å². The van der Waals surface area contributed by atoms with Crippen molar-refractivity contribution in [2.24, 2.45) is 0 Å². The highest BCUT2D eigenvalue weighted by molar-refractivity contribution is 5.76. The number of amides is 1. The number of rotatable bonds is 53. The van der Waals surface area contributed by atoms with E-state index in [0.717, 1.165) is 38.5 Å². The predicted octanol–water partition coefficient (Wildman–Crippen LogP) is 17.1. The van der Waals surface area contributed by atoms with E-state index < -0.39 is 12.1 Å². The molecule has 0 aliphatic rings. The Bertz CT molecular complexity index is 882. The second-order valence-corrected chi connectivity index (χ2v) is 19.6. The van der Waals surface area contributed by atoms with Gasteiger partial charge >= 0.3 is 5.97 Å². The number of aliphatic hydroxyl groups is 2. The van der Waals surface area contributed by atoms with Gasteiger partial charge in [0, 0.05) is 12.8 Å². The Morgan fingerprint density at radius 1 is 0.387 bits per heavy atom. The van der Waals surface area contributed by atoms with Gasteiger partial charge in [0.15, 0.2) is 0 Å². The average Bonchev–Trinajstić information content (AvgIpc) is 3.27. The minimum atomic E-state index is -0.664. The average molecular weight is 879 g/mol. The SMILES string of the molecule is CCCCCCCCCCCCCCCCCCCCCC(=O)OCCCCCCCCCCCCCCCCCCCC(=O)NC(CO)C(O)CCCCCCCCCCC. The molecule has 0 radical (unpaired) electrons. The van der Waals surface area contributed by atoms with Gasteiger partial charge in [-0.25, -0.2) is 0 Å². The van der Waals surface area contributed by atoms with Crippen LogP contribution in [0.1, 0.15) is 322 Å². The van der Waals surface area contributed by atoms with Crippen LogP contribution in [0.4, 0.5) is 0 Å². The molecule has 0 aromatic heterocycles. The third-order valence-electron chi connectivity index (χ3n) is 13.4. The van der Waals surface area contributed by atoms with E-state index in [-0.39, 0.29) is 18.5 Å². The van der Waals surface area contributed by atoms with Gasteiger partial charge < -0.3 is 20.3 Å². The third-order valence-corrected chi connectivity index (χ3v) is 13.4. The van der Waals surface area contributed by atoms with Crippen LogP contribution in [0, 0.1) is 0 Å². The van der Waals surface area contributed by atoms with Gasteiger partial charge in [0.05, 0.1) is 25.4 Å². The van der Waals surface area contributed by atoms with Crippen LogP contribution in [0.3, 0.4) is 0 Å². The molecule has 0 saturated carbocycles. The van der Waals surface area contributed by atoms with Gasteiger partial charge in [-0.3, -0.25) is 9.59 Å². The fourth-order valence-corrected chi connectivity index (χ4v) is 9.05. The standard InChI is InChI=1S/C56H111NO5/c1-3-5-7-9-11-13-14-15-16-17-18-21-24-27-30-34-38-42-46-50-56(61)62-51-47-43-39-35-31-28-25-22-19-20-23-26-29-33-37-41-45-49-55(60)57-53(52-58)54(59)48-44-40-36-32-12-10-8-6-4-2/h53-54,58-59H,3-52H2,1-2H3,(H,57,60). The molecule has 0 fully saturated rings. The highest BCUT2D eigenvalue weighted by atomic mass is 16.5. The molecule has 2 unspecified atom stereocenters. The maximum absolute atomic E-state index is 12.4. The number of ether oxygens (including phenoxy) is 1. The van der Waals surface area contributed by atoms with Crippen molar-refractivity contribution in [1.29, 1.82) is 0 Å². The lowest BCUT2D eigenvalue weighted by atomic mass is 10.0. The molecule has 0 rings (SSSR count). The van der Waals surface area contributed by atoms with E-state index in [1.807, 2.05) is 0 Å². The zero-order valence-corrected chi connectivity index (χ0v) is 42.1. The summed E-state index contributed by atoms with van der Waals surface area (Å²) in [6, 6.07) is -0.542. The Hall–Kier alpha value is -1.14. The summed E-state index contributed by atoms with van der Waals surface area (Å²) in [5.41, 5.74) is 0. The quantitative estimate of drug-likeness (QED) is 0.0418. The minimum Gasteiger partial charge on any atom is -0.466 e. The molecule has 0 bridgehead atoms. The highest BCUT2D eigenvalue weighted by Gasteiger charge is 2.20. The van der Waals surface area contributed by atoms with E-state index in [9.17, 15) is 19.8 Å². The summed E-state index contributed by atoms with van der Waals surface area (Å²) in [4.78, 5) is 24.5. The van der Waals surface area contributed by atoms with Crippen molar-refractivity contribution in [1.82, 2.24) is 5.32 Å². The maximum atomic E-state index is 12.4. The van der Waals surface area contributed by atoms with Crippen molar-refractivity contribution in [3.05, 3.63) is 0 Å². The maximum Gasteiger partial charge on any atom is 0.305 e. The molecule has 0 aromatic rings. The predicted molar refractivity (Wildman–Crippen MR) is 269 cm³/mol. The first-order valence-electron chi connectivity index (χ1n) is 28.3. The largest absolute Gasteiger partial charge is 0.466 e. The van der Waals surface area contributed by atoms with Crippen molar-refractivity contribution >= 4 is 11.9 Å². The molecule has 6 nitrogen and oxygen atoms in total. The van der Waals surface area contributed by atoms with Crippen LogP contribution >= 0.6 is 0 Å². The topological polar surface area (TPSA) is 95.9 Å². The van der Waals surface area contributed by atoms with Crippen LogP contribution in [0.15, 0.2) is 0 Å². The molecule has 0 aliphatic heterocycles. The smallest absolute Gasteiger partial charge is 0.305 e. The minimum absolute atomic E-state index is 0.0106. The van der Waals surface area contributed by atoms with E-state index in [2.05, 4.69) is 19.2 Å². The van der Waals surface area contributed by atoms with Crippen molar-refractivity contribution in [2.75, 3.05) is 13.2 Å². The van der Waals surface area contributed by atoms with E-state index >= 15 is 0 Å². The van der Waals surface area contributed by atoms with Crippen molar-refractivity contribution in [3.63, 3.8) is 0 Å². The second-order valence-electron chi connectivity index (χ2n) is 19.6. The van der Waals surface area contributed by atoms with Gasteiger partial charge in [-0.05, 0) is 25.7 Å². The summed E-state index contributed by atoms with van der Waals surface area (Å²) >= 11 is 0.